The molecular formula is C20H32N2O3. The van der Waals surface area contributed by atoms with E-state index >= 15 is 0 Å². The summed E-state index contributed by atoms with van der Waals surface area (Å²) in [5.41, 5.74) is 5.77. The third-order valence-corrected chi connectivity index (χ3v) is 3.55. The van der Waals surface area contributed by atoms with Crippen LogP contribution in [0.25, 0.3) is 0 Å². The number of aryl methyl sites for hydroxylation is 1. The summed E-state index contributed by atoms with van der Waals surface area (Å²) >= 11 is 0. The van der Waals surface area contributed by atoms with E-state index in [4.69, 9.17) is 11.8 Å². The first-order valence-corrected chi connectivity index (χ1v) is 8.77. The minimum absolute atomic E-state index is 0.174. The van der Waals surface area contributed by atoms with Crippen LogP contribution in [-0.2, 0) is 20.7 Å². The number of primary amides is 1. The van der Waals surface area contributed by atoms with Crippen LogP contribution in [0.15, 0.2) is 30.3 Å². The molecule has 5 heteroatoms. The van der Waals surface area contributed by atoms with Crippen molar-refractivity contribution in [3.63, 3.8) is 0 Å². The second-order valence-corrected chi connectivity index (χ2v) is 7.69. The van der Waals surface area contributed by atoms with Crippen LogP contribution in [0.1, 0.15) is 54.4 Å². The van der Waals surface area contributed by atoms with E-state index in [1.54, 1.807) is 20.8 Å². The summed E-state index contributed by atoms with van der Waals surface area (Å²) < 4.78 is 14.2. The number of rotatable bonds is 9. The van der Waals surface area contributed by atoms with Gasteiger partial charge in [-0.05, 0) is 51.5 Å². The highest BCUT2D eigenvalue weighted by Crippen LogP contribution is 2.14. The zero-order valence-corrected chi connectivity index (χ0v) is 16.0. The Balaban J connectivity index is 3.02. The summed E-state index contributed by atoms with van der Waals surface area (Å²) in [5, 5.41) is 2.87. The van der Waals surface area contributed by atoms with Gasteiger partial charge in [0.15, 0.2) is 0 Å². The highest BCUT2D eigenvalue weighted by molar-refractivity contribution is 5.82. The normalized spacial score (nSPS) is 16.0. The molecule has 0 aliphatic carbocycles. The van der Waals surface area contributed by atoms with Gasteiger partial charge in [-0.3, -0.25) is 14.9 Å². The Kier molecular flexibility index (Phi) is 7.44. The van der Waals surface area contributed by atoms with E-state index in [0.717, 1.165) is 5.56 Å². The molecule has 0 aromatic heterocycles. The molecule has 25 heavy (non-hydrogen) atoms. The van der Waals surface area contributed by atoms with Gasteiger partial charge in [-0.1, -0.05) is 44.2 Å². The molecule has 0 unspecified atom stereocenters. The second-order valence-electron chi connectivity index (χ2n) is 7.69. The van der Waals surface area contributed by atoms with Crippen molar-refractivity contribution in [2.75, 3.05) is 0 Å². The van der Waals surface area contributed by atoms with Crippen molar-refractivity contribution < 1.29 is 15.7 Å². The molecule has 1 aromatic carbocycles. The van der Waals surface area contributed by atoms with Gasteiger partial charge in [-0.15, -0.1) is 0 Å². The van der Waals surface area contributed by atoms with Crippen molar-refractivity contribution in [3.8, 4) is 0 Å². The molecule has 0 aliphatic rings. The third-order valence-electron chi connectivity index (χ3n) is 3.55. The maximum atomic E-state index is 12.7. The van der Waals surface area contributed by atoms with Crippen LogP contribution in [0.4, 0.5) is 0 Å². The molecule has 0 aliphatic heterocycles. The maximum absolute atomic E-state index is 12.7. The lowest BCUT2D eigenvalue weighted by atomic mass is 10.00. The number of nitrogens with two attached hydrogens (primary N) is 1. The lowest BCUT2D eigenvalue weighted by Crippen LogP contribution is -2.51. The van der Waals surface area contributed by atoms with E-state index in [-0.39, 0.29) is 12.3 Å². The van der Waals surface area contributed by atoms with Gasteiger partial charge in [-0.25, -0.2) is 0 Å². The first kappa shape index (κ1) is 19.4. The summed E-state index contributed by atoms with van der Waals surface area (Å²) in [5.74, 6) is -1.08. The maximum Gasteiger partial charge on any atom is 0.323 e. The van der Waals surface area contributed by atoms with Crippen molar-refractivity contribution in [1.82, 2.24) is 5.32 Å². The van der Waals surface area contributed by atoms with Gasteiger partial charge in [0.25, 0.3) is 0 Å². The summed E-state index contributed by atoms with van der Waals surface area (Å²) in [4.78, 5) is 24.5. The third kappa shape index (κ3) is 8.68. The number of benzene rings is 1. The number of esters is 1. The van der Waals surface area contributed by atoms with Crippen LogP contribution in [-0.4, -0.2) is 29.5 Å². The molecule has 140 valence electrons. The molecule has 0 bridgehead atoms. The average molecular weight is 349 g/mol. The molecule has 5 nitrogen and oxygen atoms in total. The second kappa shape index (κ2) is 9.56. The fourth-order valence-electron chi connectivity index (χ4n) is 2.41. The average Bonchev–Trinajstić information content (AvgIpc) is 2.51. The standard InChI is InChI=1S/C20H32N2O3/c1-14(2)13-17(18(21)23)22-16(19(24)25-20(3,4)5)12-11-15-9-7-6-8-10-15/h6-10,14,16-17,22H,11-13H2,1-5H3,(H2,21,23)/t16-,17+/m1/s1/i16D. The molecule has 1 rings (SSSR count). The zero-order chi connectivity index (χ0) is 20.0. The van der Waals surface area contributed by atoms with Gasteiger partial charge in [0.05, 0.1) is 7.41 Å². The highest BCUT2D eigenvalue weighted by atomic mass is 16.6. The largest absolute Gasteiger partial charge is 0.459 e. The number of hydrogen-bond acceptors (Lipinski definition) is 4. The Labute approximate surface area is 152 Å². The topological polar surface area (TPSA) is 81.4 Å². The van der Waals surface area contributed by atoms with Gasteiger partial charge in [-0.2, -0.15) is 0 Å². The van der Waals surface area contributed by atoms with Crippen LogP contribution in [0.5, 0.6) is 0 Å². The van der Waals surface area contributed by atoms with Gasteiger partial charge >= 0.3 is 5.97 Å². The Morgan fingerprint density at radius 3 is 2.32 bits per heavy atom. The Bertz CT molecular complexity index is 599. The van der Waals surface area contributed by atoms with E-state index in [1.807, 2.05) is 44.2 Å². The van der Waals surface area contributed by atoms with Crippen molar-refractivity contribution in [2.45, 2.75) is 71.5 Å². The van der Waals surface area contributed by atoms with Crippen LogP contribution < -0.4 is 11.1 Å². The Hall–Kier alpha value is -1.88. The molecule has 0 radical (unpaired) electrons. The first-order chi connectivity index (χ1) is 11.9. The SMILES string of the molecule is [2H][C@](CCc1ccccc1)(N[C@@H](CC(C)C)C(N)=O)C(=O)OC(C)(C)C. The Morgan fingerprint density at radius 1 is 1.24 bits per heavy atom. The molecule has 0 fully saturated rings. The minimum Gasteiger partial charge on any atom is -0.459 e. The summed E-state index contributed by atoms with van der Waals surface area (Å²) in [6.07, 6.45) is 1.13. The minimum atomic E-state index is -1.75. The number of amides is 1. The number of ether oxygens (including phenoxy) is 1. The molecular weight excluding hydrogens is 316 g/mol. The highest BCUT2D eigenvalue weighted by Gasteiger charge is 2.29. The number of carbonyl (C=O) groups excluding carboxylic acids is 2. The smallest absolute Gasteiger partial charge is 0.323 e. The monoisotopic (exact) mass is 349 g/mol. The van der Waals surface area contributed by atoms with E-state index < -0.39 is 29.5 Å². The quantitative estimate of drug-likeness (QED) is 0.672. The molecule has 1 aromatic rings. The number of carbonyl (C=O) groups is 2. The van der Waals surface area contributed by atoms with E-state index in [2.05, 4.69) is 5.32 Å². The number of hydrogen-bond donors (Lipinski definition) is 2. The molecule has 0 saturated carbocycles. The van der Waals surface area contributed by atoms with Crippen LogP contribution in [0.3, 0.4) is 0 Å². The Morgan fingerprint density at radius 2 is 1.84 bits per heavy atom. The van der Waals surface area contributed by atoms with Gasteiger partial charge in [0, 0.05) is 0 Å². The van der Waals surface area contributed by atoms with Crippen molar-refractivity contribution >= 4 is 11.9 Å². The van der Waals surface area contributed by atoms with Crippen molar-refractivity contribution in [2.24, 2.45) is 11.7 Å². The zero-order valence-electron chi connectivity index (χ0n) is 17.0. The van der Waals surface area contributed by atoms with Crippen LogP contribution >= 0.6 is 0 Å². The predicted octanol–water partition coefficient (Wildman–Crippen LogP) is 2.82. The lowest BCUT2D eigenvalue weighted by molar-refractivity contribution is -0.158. The van der Waals surface area contributed by atoms with Crippen LogP contribution in [0, 0.1) is 5.92 Å². The molecule has 1 amide bonds. The molecule has 2 atom stereocenters. The molecule has 0 spiro atoms. The van der Waals surface area contributed by atoms with E-state index in [9.17, 15) is 9.59 Å². The van der Waals surface area contributed by atoms with E-state index in [1.165, 1.54) is 0 Å². The molecule has 3 N–H and O–H groups in total. The van der Waals surface area contributed by atoms with Crippen molar-refractivity contribution in [3.05, 3.63) is 35.9 Å². The predicted molar refractivity (Wildman–Crippen MR) is 100.0 cm³/mol. The molecule has 0 heterocycles. The summed E-state index contributed by atoms with van der Waals surface area (Å²) in [6, 6.07) is 7.09. The van der Waals surface area contributed by atoms with Gasteiger partial charge in [0.1, 0.15) is 11.6 Å². The van der Waals surface area contributed by atoms with Gasteiger partial charge in [0.2, 0.25) is 5.91 Å². The van der Waals surface area contributed by atoms with Gasteiger partial charge < -0.3 is 10.5 Å². The fourth-order valence-corrected chi connectivity index (χ4v) is 2.41. The number of nitrogens with one attached hydrogen (secondary N) is 1. The van der Waals surface area contributed by atoms with Crippen LogP contribution in [0.2, 0.25) is 0 Å². The van der Waals surface area contributed by atoms with E-state index in [0.29, 0.717) is 12.8 Å². The summed E-state index contributed by atoms with van der Waals surface area (Å²) in [6.45, 7) is 9.17. The fraction of sp³-hybridized carbons (Fsp3) is 0.600. The molecule has 0 saturated heterocycles. The lowest BCUT2D eigenvalue weighted by Gasteiger charge is -2.27. The van der Waals surface area contributed by atoms with Crippen molar-refractivity contribution in [1.29, 1.82) is 0 Å². The first-order valence-electron chi connectivity index (χ1n) is 9.27. The summed E-state index contributed by atoms with van der Waals surface area (Å²) in [7, 11) is 0.